The quantitative estimate of drug-likeness (QED) is 0.447. The molecule has 2 N–H and O–H groups in total. The molecule has 2 aromatic carbocycles. The number of benzene rings is 2. The van der Waals surface area contributed by atoms with Crippen LogP contribution in [0.5, 0.6) is 0 Å². The van der Waals surface area contributed by atoms with Crippen LogP contribution >= 0.6 is 11.8 Å². The first-order chi connectivity index (χ1) is 13.5. The zero-order valence-electron chi connectivity index (χ0n) is 15.1. The summed E-state index contributed by atoms with van der Waals surface area (Å²) >= 11 is 1.16. The molecule has 0 spiro atoms. The van der Waals surface area contributed by atoms with E-state index in [0.29, 0.717) is 16.4 Å². The predicted octanol–water partition coefficient (Wildman–Crippen LogP) is 2.84. The van der Waals surface area contributed by atoms with Crippen molar-refractivity contribution in [3.05, 3.63) is 65.7 Å². The average Bonchev–Trinajstić information content (AvgIpc) is 3.02. The van der Waals surface area contributed by atoms with Crippen molar-refractivity contribution in [1.29, 1.82) is 0 Å². The zero-order chi connectivity index (χ0) is 19.9. The Balaban J connectivity index is 1.56. The van der Waals surface area contributed by atoms with E-state index >= 15 is 0 Å². The van der Waals surface area contributed by atoms with Crippen LogP contribution in [0.15, 0.2) is 64.8 Å². The van der Waals surface area contributed by atoms with Crippen LogP contribution in [0.25, 0.3) is 0 Å². The average molecular weight is 394 g/mol. The summed E-state index contributed by atoms with van der Waals surface area (Å²) in [6, 6.07) is 16.1. The Bertz CT molecular complexity index is 957. The molecular formula is C20H18N4O3S. The number of amides is 2. The van der Waals surface area contributed by atoms with E-state index in [-0.39, 0.29) is 24.0 Å². The molecule has 0 saturated carbocycles. The second kappa shape index (κ2) is 9.09. The molecule has 2 amide bonds. The van der Waals surface area contributed by atoms with Crippen LogP contribution in [0.3, 0.4) is 0 Å². The highest BCUT2D eigenvalue weighted by Gasteiger charge is 2.32. The molecule has 1 aliphatic heterocycles. The van der Waals surface area contributed by atoms with Gasteiger partial charge in [-0.2, -0.15) is 5.10 Å². The number of ketones is 1. The molecule has 1 atom stereocenters. The largest absolute Gasteiger partial charge is 0.326 e. The van der Waals surface area contributed by atoms with E-state index < -0.39 is 5.25 Å². The summed E-state index contributed by atoms with van der Waals surface area (Å²) in [7, 11) is 0. The fourth-order valence-corrected chi connectivity index (χ4v) is 3.39. The molecule has 1 heterocycles. The van der Waals surface area contributed by atoms with Gasteiger partial charge in [0.1, 0.15) is 5.25 Å². The monoisotopic (exact) mass is 394 g/mol. The van der Waals surface area contributed by atoms with Gasteiger partial charge in [-0.05, 0) is 24.6 Å². The smallest absolute Gasteiger partial charge is 0.240 e. The maximum atomic E-state index is 12.2. The van der Waals surface area contributed by atoms with Crippen LogP contribution in [-0.4, -0.2) is 34.2 Å². The van der Waals surface area contributed by atoms with Gasteiger partial charge in [0, 0.05) is 17.7 Å². The Hall–Kier alpha value is -3.26. The standard InChI is InChI=1S/C20H18N4O3S/c1-13(25)15-8-5-9-16(10-15)22-18(26)11-17-19(27)23-20(28-17)24-21-12-14-6-3-2-4-7-14/h2-10,12,17H,11H2,1H3,(H,22,26)(H,23,24,27)/b21-12-/t17-/m1/s1. The number of carbonyl (C=O) groups is 3. The molecule has 28 heavy (non-hydrogen) atoms. The van der Waals surface area contributed by atoms with E-state index in [2.05, 4.69) is 20.8 Å². The normalized spacial score (nSPS) is 17.7. The van der Waals surface area contributed by atoms with Gasteiger partial charge in [0.15, 0.2) is 11.0 Å². The number of Topliss-reactive ketones (excluding diaryl/α,β-unsaturated/α-hetero) is 1. The number of anilines is 1. The lowest BCUT2D eigenvalue weighted by atomic mass is 10.1. The minimum Gasteiger partial charge on any atom is -0.326 e. The zero-order valence-corrected chi connectivity index (χ0v) is 15.9. The van der Waals surface area contributed by atoms with Crippen LogP contribution in [0.2, 0.25) is 0 Å². The molecule has 0 bridgehead atoms. The Morgan fingerprint density at radius 2 is 1.96 bits per heavy atom. The summed E-state index contributed by atoms with van der Waals surface area (Å²) < 4.78 is 0. The van der Waals surface area contributed by atoms with E-state index in [9.17, 15) is 14.4 Å². The molecule has 3 rings (SSSR count). The molecule has 2 aromatic rings. The Morgan fingerprint density at radius 3 is 2.71 bits per heavy atom. The van der Waals surface area contributed by atoms with Crippen LogP contribution in [-0.2, 0) is 9.59 Å². The van der Waals surface area contributed by atoms with Gasteiger partial charge in [0.05, 0.1) is 6.21 Å². The first-order valence-electron chi connectivity index (χ1n) is 8.56. The summed E-state index contributed by atoms with van der Waals surface area (Å²) in [5, 5.41) is 13.1. The van der Waals surface area contributed by atoms with Crippen molar-refractivity contribution < 1.29 is 14.4 Å². The molecule has 0 aliphatic carbocycles. The fraction of sp³-hybridized carbons (Fsp3) is 0.150. The third kappa shape index (κ3) is 5.37. The Labute approximate surface area is 166 Å². The van der Waals surface area contributed by atoms with Gasteiger partial charge >= 0.3 is 0 Å². The van der Waals surface area contributed by atoms with Crippen molar-refractivity contribution in [1.82, 2.24) is 5.32 Å². The van der Waals surface area contributed by atoms with Crippen molar-refractivity contribution in [3.63, 3.8) is 0 Å². The summed E-state index contributed by atoms with van der Waals surface area (Å²) in [5.41, 5.74) is 1.92. The van der Waals surface area contributed by atoms with Crippen molar-refractivity contribution in [2.45, 2.75) is 18.6 Å². The maximum absolute atomic E-state index is 12.2. The van der Waals surface area contributed by atoms with Crippen molar-refractivity contribution >= 4 is 46.4 Å². The highest BCUT2D eigenvalue weighted by atomic mass is 32.2. The Morgan fingerprint density at radius 1 is 1.18 bits per heavy atom. The molecule has 0 aromatic heterocycles. The van der Waals surface area contributed by atoms with Gasteiger partial charge in [0.2, 0.25) is 11.8 Å². The van der Waals surface area contributed by atoms with E-state index in [1.54, 1.807) is 30.5 Å². The number of nitrogens with one attached hydrogen (secondary N) is 2. The minimum atomic E-state index is -0.582. The molecule has 1 fully saturated rings. The second-order valence-electron chi connectivity index (χ2n) is 6.05. The topological polar surface area (TPSA) is 100.0 Å². The summed E-state index contributed by atoms with van der Waals surface area (Å²) in [4.78, 5) is 35.7. The first kappa shape index (κ1) is 19.5. The van der Waals surface area contributed by atoms with Crippen LogP contribution in [0, 0.1) is 0 Å². The van der Waals surface area contributed by atoms with Crippen LogP contribution in [0.1, 0.15) is 29.3 Å². The number of carbonyl (C=O) groups excluding carboxylic acids is 3. The molecule has 8 heteroatoms. The first-order valence-corrected chi connectivity index (χ1v) is 9.43. The lowest BCUT2D eigenvalue weighted by Gasteiger charge is -2.08. The van der Waals surface area contributed by atoms with E-state index in [0.717, 1.165) is 17.3 Å². The summed E-state index contributed by atoms with van der Waals surface area (Å²) in [6.45, 7) is 1.46. The summed E-state index contributed by atoms with van der Waals surface area (Å²) in [5.74, 6) is -0.688. The number of nitrogens with zero attached hydrogens (tertiary/aromatic N) is 2. The number of thioether (sulfide) groups is 1. The number of hydrogen-bond acceptors (Lipinski definition) is 6. The molecular weight excluding hydrogens is 376 g/mol. The van der Waals surface area contributed by atoms with Crippen molar-refractivity contribution in [2.24, 2.45) is 10.2 Å². The Kier molecular flexibility index (Phi) is 6.33. The van der Waals surface area contributed by atoms with E-state index in [1.807, 2.05) is 30.3 Å². The molecule has 7 nitrogen and oxygen atoms in total. The fourth-order valence-electron chi connectivity index (χ4n) is 2.47. The molecule has 1 aliphatic rings. The van der Waals surface area contributed by atoms with Crippen molar-refractivity contribution in [3.8, 4) is 0 Å². The lowest BCUT2D eigenvalue weighted by molar-refractivity contribution is -0.122. The SMILES string of the molecule is CC(=O)c1cccc(NC(=O)C[C@H]2S/C(=N/N=C\c3ccccc3)NC2=O)c1. The van der Waals surface area contributed by atoms with Gasteiger partial charge in [-0.25, -0.2) is 0 Å². The number of amidine groups is 1. The van der Waals surface area contributed by atoms with E-state index in [1.165, 1.54) is 6.92 Å². The predicted molar refractivity (Wildman–Crippen MR) is 111 cm³/mol. The third-order valence-electron chi connectivity index (χ3n) is 3.86. The maximum Gasteiger partial charge on any atom is 0.240 e. The van der Waals surface area contributed by atoms with Gasteiger partial charge in [-0.1, -0.05) is 54.2 Å². The van der Waals surface area contributed by atoms with Crippen molar-refractivity contribution in [2.75, 3.05) is 5.32 Å². The minimum absolute atomic E-state index is 0.0117. The van der Waals surface area contributed by atoms with Crippen LogP contribution < -0.4 is 10.6 Å². The second-order valence-corrected chi connectivity index (χ2v) is 7.24. The third-order valence-corrected chi connectivity index (χ3v) is 4.93. The highest BCUT2D eigenvalue weighted by molar-refractivity contribution is 8.15. The van der Waals surface area contributed by atoms with Gasteiger partial charge in [0.25, 0.3) is 0 Å². The van der Waals surface area contributed by atoms with Gasteiger partial charge in [-0.15, -0.1) is 5.10 Å². The molecule has 1 saturated heterocycles. The van der Waals surface area contributed by atoms with Gasteiger partial charge < -0.3 is 10.6 Å². The molecule has 0 unspecified atom stereocenters. The lowest BCUT2D eigenvalue weighted by Crippen LogP contribution is -2.28. The van der Waals surface area contributed by atoms with Crippen LogP contribution in [0.4, 0.5) is 5.69 Å². The number of rotatable bonds is 6. The molecule has 0 radical (unpaired) electrons. The summed E-state index contributed by atoms with van der Waals surface area (Å²) in [6.07, 6.45) is 1.57. The molecule has 142 valence electrons. The van der Waals surface area contributed by atoms with E-state index in [4.69, 9.17) is 0 Å². The highest BCUT2D eigenvalue weighted by Crippen LogP contribution is 2.23. The van der Waals surface area contributed by atoms with Gasteiger partial charge in [-0.3, -0.25) is 14.4 Å². The number of hydrogen-bond donors (Lipinski definition) is 2.